The van der Waals surface area contributed by atoms with Gasteiger partial charge in [0.25, 0.3) is 0 Å². The number of phenolic OH excluding ortho intramolecular Hbond substituents is 1. The Bertz CT molecular complexity index is 943. The number of halogens is 1. The van der Waals surface area contributed by atoms with E-state index in [4.69, 9.17) is 0 Å². The molecule has 0 aromatic heterocycles. The number of carbonyl (C=O) groups is 1. The van der Waals surface area contributed by atoms with Gasteiger partial charge in [0, 0.05) is 45.8 Å². The number of nitrogens with one attached hydrogen (secondary N) is 1. The van der Waals surface area contributed by atoms with Crippen molar-refractivity contribution in [3.8, 4) is 5.75 Å². The Kier molecular flexibility index (Phi) is 8.60. The van der Waals surface area contributed by atoms with E-state index >= 15 is 0 Å². The second kappa shape index (κ2) is 11.4. The summed E-state index contributed by atoms with van der Waals surface area (Å²) in [6, 6.07) is 15.8. The van der Waals surface area contributed by atoms with Crippen molar-refractivity contribution < 1.29 is 9.90 Å². The first-order valence-corrected chi connectivity index (χ1v) is 11.1. The average Bonchev–Trinajstić information content (AvgIpc) is 2.82. The van der Waals surface area contributed by atoms with Gasteiger partial charge in [-0.05, 0) is 36.6 Å². The van der Waals surface area contributed by atoms with Gasteiger partial charge in [0.05, 0.1) is 5.69 Å². The van der Waals surface area contributed by atoms with Crippen molar-refractivity contribution in [1.29, 1.82) is 0 Å². The third-order valence-electron chi connectivity index (χ3n) is 5.98. The fourth-order valence-corrected chi connectivity index (χ4v) is 4.27. The van der Waals surface area contributed by atoms with Crippen LogP contribution in [0, 0.1) is 0 Å². The van der Waals surface area contributed by atoms with Crippen molar-refractivity contribution in [2.45, 2.75) is 19.9 Å². The lowest BCUT2D eigenvalue weighted by molar-refractivity contribution is -0.130. The maximum atomic E-state index is 12.8. The number of anilines is 1. The first-order valence-electron chi connectivity index (χ1n) is 11.1. The van der Waals surface area contributed by atoms with E-state index in [2.05, 4.69) is 38.3 Å². The summed E-state index contributed by atoms with van der Waals surface area (Å²) in [6.07, 6.45) is 0.903. The van der Waals surface area contributed by atoms with Crippen LogP contribution in [0.25, 0.3) is 0 Å². The fourth-order valence-electron chi connectivity index (χ4n) is 4.27. The van der Waals surface area contributed by atoms with Gasteiger partial charge < -0.3 is 25.1 Å². The Labute approximate surface area is 207 Å². The normalized spacial score (nSPS) is 16.3. The Morgan fingerprint density at radius 1 is 0.969 bits per heavy atom. The molecule has 1 fully saturated rings. The number of benzene rings is 2. The van der Waals surface area contributed by atoms with E-state index in [0.717, 1.165) is 57.3 Å². The number of aliphatic imine (C=N–C) groups is 1. The molecule has 1 amide bonds. The van der Waals surface area contributed by atoms with Gasteiger partial charge in [0.1, 0.15) is 12.3 Å². The molecule has 2 aliphatic rings. The number of hydrogen-bond donors (Lipinski definition) is 2. The van der Waals surface area contributed by atoms with Gasteiger partial charge in [-0.3, -0.25) is 4.79 Å². The molecule has 0 aliphatic carbocycles. The zero-order chi connectivity index (χ0) is 21.6. The lowest BCUT2D eigenvalue weighted by Crippen LogP contribution is -2.52. The summed E-state index contributed by atoms with van der Waals surface area (Å²) < 4.78 is 0. The van der Waals surface area contributed by atoms with Gasteiger partial charge in [-0.2, -0.15) is 0 Å². The molecule has 2 N–H and O–H groups in total. The number of nitrogens with zero attached hydrogens (tertiary/aromatic N) is 4. The predicted molar refractivity (Wildman–Crippen MR) is 139 cm³/mol. The maximum Gasteiger partial charge on any atom is 0.244 e. The summed E-state index contributed by atoms with van der Waals surface area (Å²) in [7, 11) is 0. The van der Waals surface area contributed by atoms with Crippen molar-refractivity contribution in [2.75, 3.05) is 50.7 Å². The molecule has 7 nitrogen and oxygen atoms in total. The number of aromatic hydroxyl groups is 1. The quantitative estimate of drug-likeness (QED) is 0.349. The van der Waals surface area contributed by atoms with Gasteiger partial charge >= 0.3 is 0 Å². The van der Waals surface area contributed by atoms with E-state index in [-0.39, 0.29) is 36.4 Å². The molecule has 32 heavy (non-hydrogen) atoms. The molecule has 172 valence electrons. The van der Waals surface area contributed by atoms with Crippen LogP contribution in [0.5, 0.6) is 5.75 Å². The van der Waals surface area contributed by atoms with Crippen LogP contribution in [0.4, 0.5) is 5.69 Å². The lowest BCUT2D eigenvalue weighted by Gasteiger charge is -2.38. The molecule has 0 spiro atoms. The molecule has 0 saturated carbocycles. The van der Waals surface area contributed by atoms with Crippen LogP contribution < -0.4 is 10.2 Å². The second-order valence-electron chi connectivity index (χ2n) is 7.97. The number of guanidine groups is 1. The number of fused-ring (bicyclic) bond motifs is 1. The molecular formula is C24H32IN5O2. The molecule has 0 unspecified atom stereocenters. The van der Waals surface area contributed by atoms with Crippen LogP contribution in [0.1, 0.15) is 18.1 Å². The summed E-state index contributed by atoms with van der Waals surface area (Å²) in [5, 5.41) is 13.4. The maximum absolute atomic E-state index is 12.8. The van der Waals surface area contributed by atoms with E-state index < -0.39 is 0 Å². The van der Waals surface area contributed by atoms with Crippen molar-refractivity contribution in [1.82, 2.24) is 15.1 Å². The molecular weight excluding hydrogens is 517 g/mol. The minimum absolute atomic E-state index is 0. The van der Waals surface area contributed by atoms with Crippen LogP contribution in [0.15, 0.2) is 53.5 Å². The number of rotatable bonds is 4. The van der Waals surface area contributed by atoms with E-state index in [1.165, 1.54) is 11.1 Å². The molecule has 2 aromatic carbocycles. The first kappa shape index (κ1) is 24.2. The van der Waals surface area contributed by atoms with Crippen LogP contribution in [-0.2, 0) is 17.8 Å². The minimum Gasteiger partial charge on any atom is -0.506 e. The Balaban J connectivity index is 0.00000289. The van der Waals surface area contributed by atoms with Crippen LogP contribution in [0.3, 0.4) is 0 Å². The van der Waals surface area contributed by atoms with Crippen LogP contribution >= 0.6 is 24.0 Å². The smallest absolute Gasteiger partial charge is 0.244 e. The zero-order valence-corrected chi connectivity index (χ0v) is 20.9. The van der Waals surface area contributed by atoms with Crippen molar-refractivity contribution in [3.63, 3.8) is 0 Å². The summed E-state index contributed by atoms with van der Waals surface area (Å²) in [5.74, 6) is 1.16. The monoisotopic (exact) mass is 549 g/mol. The molecule has 1 saturated heterocycles. The summed E-state index contributed by atoms with van der Waals surface area (Å²) in [4.78, 5) is 23.8. The number of phenols is 1. The molecule has 8 heteroatoms. The second-order valence-corrected chi connectivity index (χ2v) is 7.97. The van der Waals surface area contributed by atoms with E-state index in [1.54, 1.807) is 6.07 Å². The molecule has 2 aliphatic heterocycles. The van der Waals surface area contributed by atoms with Crippen LogP contribution in [-0.4, -0.2) is 72.6 Å². The van der Waals surface area contributed by atoms with Crippen molar-refractivity contribution in [2.24, 2.45) is 4.99 Å². The first-order chi connectivity index (χ1) is 15.2. The molecule has 4 rings (SSSR count). The van der Waals surface area contributed by atoms with Gasteiger partial charge in [-0.15, -0.1) is 24.0 Å². The SMILES string of the molecule is CCNC(=NCC(=O)N1CCc2ccccc2C1)N1CCN(c2ccccc2O)CC1.I. The van der Waals surface area contributed by atoms with Gasteiger partial charge in [-0.25, -0.2) is 4.99 Å². The molecule has 0 bridgehead atoms. The van der Waals surface area contributed by atoms with Crippen LogP contribution in [0.2, 0.25) is 0 Å². The largest absolute Gasteiger partial charge is 0.506 e. The summed E-state index contributed by atoms with van der Waals surface area (Å²) in [6.45, 7) is 7.52. The third kappa shape index (κ3) is 5.65. The van der Waals surface area contributed by atoms with Gasteiger partial charge in [0.15, 0.2) is 5.96 Å². The Morgan fingerprint density at radius 3 is 2.38 bits per heavy atom. The van der Waals surface area contributed by atoms with E-state index in [9.17, 15) is 9.90 Å². The van der Waals surface area contributed by atoms with Crippen molar-refractivity contribution >= 4 is 41.5 Å². The topological polar surface area (TPSA) is 71.4 Å². The van der Waals surface area contributed by atoms with Gasteiger partial charge in [0.2, 0.25) is 5.91 Å². The lowest BCUT2D eigenvalue weighted by atomic mass is 10.00. The van der Waals surface area contributed by atoms with E-state index in [0.29, 0.717) is 12.3 Å². The highest BCUT2D eigenvalue weighted by atomic mass is 127. The summed E-state index contributed by atoms with van der Waals surface area (Å²) in [5.41, 5.74) is 3.44. The number of piperazine rings is 1. The molecule has 2 aromatic rings. The highest BCUT2D eigenvalue weighted by molar-refractivity contribution is 14.0. The number of hydrogen-bond acceptors (Lipinski definition) is 4. The standard InChI is InChI=1S/C24H31N5O2.HI/c1-2-25-24(28-15-13-27(14-16-28)21-9-5-6-10-22(21)30)26-17-23(31)29-12-11-19-7-3-4-8-20(19)18-29;/h3-10,30H,2,11-18H2,1H3,(H,25,26);1H. The Morgan fingerprint density at radius 2 is 1.66 bits per heavy atom. The predicted octanol–water partition coefficient (Wildman–Crippen LogP) is 2.68. The minimum atomic E-state index is 0. The highest BCUT2D eigenvalue weighted by Gasteiger charge is 2.23. The highest BCUT2D eigenvalue weighted by Crippen LogP contribution is 2.27. The molecule has 0 radical (unpaired) electrons. The number of amides is 1. The van der Waals surface area contributed by atoms with E-state index in [1.807, 2.05) is 36.1 Å². The zero-order valence-electron chi connectivity index (χ0n) is 18.5. The van der Waals surface area contributed by atoms with Gasteiger partial charge in [-0.1, -0.05) is 36.4 Å². The Hall–Kier alpha value is -2.49. The van der Waals surface area contributed by atoms with Crippen molar-refractivity contribution in [3.05, 3.63) is 59.7 Å². The molecule has 2 heterocycles. The number of carbonyl (C=O) groups excluding carboxylic acids is 1. The summed E-state index contributed by atoms with van der Waals surface area (Å²) >= 11 is 0. The number of para-hydroxylation sites is 2. The average molecular weight is 549 g/mol. The molecule has 0 atom stereocenters. The third-order valence-corrected chi connectivity index (χ3v) is 5.98. The fraction of sp³-hybridized carbons (Fsp3) is 0.417.